The number of aliphatic carboxylic acids is 1. The van der Waals surface area contributed by atoms with Crippen LogP contribution in [0.1, 0.15) is 6.92 Å². The molecular weight excluding hydrogens is 320 g/mol. The molecule has 1 rings (SSSR count). The third-order valence-electron chi connectivity index (χ3n) is 2.22. The Hall–Kier alpha value is -1.61. The number of nitrogens with one attached hydrogen (secondary N) is 1. The summed E-state index contributed by atoms with van der Waals surface area (Å²) < 4.78 is 53.3. The van der Waals surface area contributed by atoms with Crippen molar-refractivity contribution >= 4 is 33.3 Å². The van der Waals surface area contributed by atoms with Crippen molar-refractivity contribution < 1.29 is 31.8 Å². The molecule has 112 valence electrons. The molecule has 1 aromatic carbocycles. The lowest BCUT2D eigenvalue weighted by atomic mass is 10.3. The van der Waals surface area contributed by atoms with Crippen molar-refractivity contribution in [2.24, 2.45) is 0 Å². The molecule has 0 spiro atoms. The molecule has 0 aliphatic carbocycles. The maximum absolute atomic E-state index is 12.0. The van der Waals surface area contributed by atoms with Gasteiger partial charge in [0.15, 0.2) is 5.25 Å². The van der Waals surface area contributed by atoms with Crippen LogP contribution >= 0.6 is 11.6 Å². The van der Waals surface area contributed by atoms with Gasteiger partial charge in [0.05, 0.1) is 10.7 Å². The first-order valence-corrected chi connectivity index (χ1v) is 7.04. The largest absolute Gasteiger partial charge is 0.480 e. The van der Waals surface area contributed by atoms with E-state index in [9.17, 15) is 22.0 Å². The number of hydrogen-bond donors (Lipinski definition) is 2. The summed E-state index contributed by atoms with van der Waals surface area (Å²) in [6.45, 7) is -2.08. The maximum atomic E-state index is 12.0. The molecule has 0 aromatic heterocycles. The Balaban J connectivity index is 2.95. The van der Waals surface area contributed by atoms with Crippen molar-refractivity contribution in [3.05, 3.63) is 23.2 Å². The van der Waals surface area contributed by atoms with Crippen LogP contribution < -0.4 is 9.46 Å². The number of ether oxygens (including phenoxy) is 1. The Morgan fingerprint density at radius 1 is 1.45 bits per heavy atom. The second-order valence-electron chi connectivity index (χ2n) is 3.65. The smallest absolute Gasteiger partial charge is 0.387 e. The monoisotopic (exact) mass is 329 g/mol. The van der Waals surface area contributed by atoms with Gasteiger partial charge in [-0.25, -0.2) is 8.42 Å². The summed E-state index contributed by atoms with van der Waals surface area (Å²) in [5.74, 6) is -1.85. The fraction of sp³-hybridized carbons (Fsp3) is 0.300. The highest BCUT2D eigenvalue weighted by Crippen LogP contribution is 2.29. The maximum Gasteiger partial charge on any atom is 0.387 e. The zero-order valence-electron chi connectivity index (χ0n) is 10.0. The quantitative estimate of drug-likeness (QED) is 0.834. The molecule has 0 saturated heterocycles. The molecule has 0 heterocycles. The van der Waals surface area contributed by atoms with Gasteiger partial charge in [0, 0.05) is 0 Å². The zero-order valence-corrected chi connectivity index (χ0v) is 11.6. The normalized spacial score (nSPS) is 13.1. The molecule has 1 unspecified atom stereocenters. The highest BCUT2D eigenvalue weighted by Gasteiger charge is 2.27. The van der Waals surface area contributed by atoms with Crippen molar-refractivity contribution in [3.63, 3.8) is 0 Å². The Labute approximate surface area is 118 Å². The van der Waals surface area contributed by atoms with Gasteiger partial charge < -0.3 is 9.84 Å². The number of sulfonamides is 1. The number of rotatable bonds is 6. The second-order valence-corrected chi connectivity index (χ2v) is 6.06. The molecule has 0 aliphatic heterocycles. The van der Waals surface area contributed by atoms with E-state index >= 15 is 0 Å². The van der Waals surface area contributed by atoms with Crippen molar-refractivity contribution in [1.82, 2.24) is 0 Å². The summed E-state index contributed by atoms with van der Waals surface area (Å²) in [6.07, 6.45) is 0. The van der Waals surface area contributed by atoms with Crippen molar-refractivity contribution in [2.75, 3.05) is 4.72 Å². The van der Waals surface area contributed by atoms with E-state index in [2.05, 4.69) is 4.74 Å². The lowest BCUT2D eigenvalue weighted by molar-refractivity contribution is -0.136. The first-order chi connectivity index (χ1) is 9.13. The van der Waals surface area contributed by atoms with Gasteiger partial charge in [-0.3, -0.25) is 9.52 Å². The fourth-order valence-corrected chi connectivity index (χ4v) is 2.26. The molecular formula is C10H10ClF2NO5S. The molecule has 0 radical (unpaired) electrons. The van der Waals surface area contributed by atoms with E-state index in [1.54, 1.807) is 0 Å². The average Bonchev–Trinajstić information content (AvgIpc) is 2.30. The molecule has 10 heteroatoms. The van der Waals surface area contributed by atoms with Crippen molar-refractivity contribution in [3.8, 4) is 5.75 Å². The number of benzene rings is 1. The Bertz CT molecular complexity index is 608. The van der Waals surface area contributed by atoms with Gasteiger partial charge >= 0.3 is 12.6 Å². The number of halogens is 3. The van der Waals surface area contributed by atoms with E-state index in [0.29, 0.717) is 0 Å². The number of carboxylic acids is 1. The summed E-state index contributed by atoms with van der Waals surface area (Å²) in [5, 5.41) is 6.72. The summed E-state index contributed by atoms with van der Waals surface area (Å²) in [7, 11) is -4.16. The molecule has 0 aliphatic rings. The van der Waals surface area contributed by atoms with E-state index in [0.717, 1.165) is 25.1 Å². The highest BCUT2D eigenvalue weighted by atomic mass is 35.5. The van der Waals surface area contributed by atoms with Crippen LogP contribution in [0.3, 0.4) is 0 Å². The van der Waals surface area contributed by atoms with E-state index in [1.807, 2.05) is 4.72 Å². The molecule has 0 amide bonds. The lowest BCUT2D eigenvalue weighted by Crippen LogP contribution is -2.32. The molecule has 6 nitrogen and oxygen atoms in total. The number of alkyl halides is 2. The molecule has 20 heavy (non-hydrogen) atoms. The standard InChI is InChI=1S/C10H10ClF2NO5S/c1-5(9(15)16)20(17,18)14-6-2-3-8(7(11)4-6)19-10(12)13/h2-5,10,14H,1H3,(H,15,16). The van der Waals surface area contributed by atoms with E-state index in [1.165, 1.54) is 0 Å². The van der Waals surface area contributed by atoms with Crippen molar-refractivity contribution in [1.29, 1.82) is 0 Å². The molecule has 0 fully saturated rings. The van der Waals surface area contributed by atoms with Gasteiger partial charge in [-0.2, -0.15) is 8.78 Å². The summed E-state index contributed by atoms with van der Waals surface area (Å²) in [4.78, 5) is 10.6. The van der Waals surface area contributed by atoms with Crippen LogP contribution in [-0.4, -0.2) is 31.4 Å². The van der Waals surface area contributed by atoms with E-state index in [-0.39, 0.29) is 16.5 Å². The van der Waals surface area contributed by atoms with Crippen LogP contribution in [0.4, 0.5) is 14.5 Å². The number of hydrogen-bond acceptors (Lipinski definition) is 4. The van der Waals surface area contributed by atoms with Crippen LogP contribution in [0.25, 0.3) is 0 Å². The summed E-state index contributed by atoms with van der Waals surface area (Å²) in [5.41, 5.74) is -0.0651. The van der Waals surface area contributed by atoms with Crippen LogP contribution in [0.15, 0.2) is 18.2 Å². The molecule has 0 bridgehead atoms. The minimum absolute atomic E-state index is 0.0651. The topological polar surface area (TPSA) is 92.7 Å². The molecule has 1 aromatic rings. The van der Waals surface area contributed by atoms with Crippen LogP contribution in [-0.2, 0) is 14.8 Å². The third-order valence-corrected chi connectivity index (χ3v) is 4.17. The Morgan fingerprint density at radius 2 is 2.05 bits per heavy atom. The van der Waals surface area contributed by atoms with Gasteiger partial charge in [-0.05, 0) is 25.1 Å². The third kappa shape index (κ3) is 4.20. The average molecular weight is 330 g/mol. The zero-order chi connectivity index (χ0) is 15.5. The molecule has 0 saturated carbocycles. The number of anilines is 1. The lowest BCUT2D eigenvalue weighted by Gasteiger charge is -2.12. The minimum atomic E-state index is -4.16. The van der Waals surface area contributed by atoms with Gasteiger partial charge in [0.1, 0.15) is 5.75 Å². The second kappa shape index (κ2) is 6.23. The van der Waals surface area contributed by atoms with E-state index < -0.39 is 27.9 Å². The SMILES string of the molecule is CC(C(=O)O)S(=O)(=O)Nc1ccc(OC(F)F)c(Cl)c1. The van der Waals surface area contributed by atoms with Crippen LogP contribution in [0.2, 0.25) is 5.02 Å². The van der Waals surface area contributed by atoms with Crippen LogP contribution in [0, 0.1) is 0 Å². The summed E-state index contributed by atoms with van der Waals surface area (Å²) in [6, 6.07) is 3.19. The predicted octanol–water partition coefficient (Wildman–Crippen LogP) is 2.16. The summed E-state index contributed by atoms with van der Waals surface area (Å²) >= 11 is 5.63. The Kier molecular flexibility index (Phi) is 5.12. The van der Waals surface area contributed by atoms with Gasteiger partial charge in [0.2, 0.25) is 10.0 Å². The first kappa shape index (κ1) is 16.4. The molecule has 2 N–H and O–H groups in total. The molecule has 1 atom stereocenters. The highest BCUT2D eigenvalue weighted by molar-refractivity contribution is 7.94. The van der Waals surface area contributed by atoms with E-state index in [4.69, 9.17) is 16.7 Å². The van der Waals surface area contributed by atoms with Crippen molar-refractivity contribution in [2.45, 2.75) is 18.8 Å². The predicted molar refractivity (Wildman–Crippen MR) is 67.7 cm³/mol. The fourth-order valence-electron chi connectivity index (χ4n) is 1.14. The van der Waals surface area contributed by atoms with Gasteiger partial charge in [0.25, 0.3) is 0 Å². The Morgan fingerprint density at radius 3 is 2.50 bits per heavy atom. The van der Waals surface area contributed by atoms with Gasteiger partial charge in [-0.15, -0.1) is 0 Å². The van der Waals surface area contributed by atoms with Crippen LogP contribution in [0.5, 0.6) is 5.75 Å². The number of carbonyl (C=O) groups is 1. The first-order valence-electron chi connectivity index (χ1n) is 5.12. The number of carboxylic acid groups (broad SMARTS) is 1. The van der Waals surface area contributed by atoms with Gasteiger partial charge in [-0.1, -0.05) is 11.6 Å². The minimum Gasteiger partial charge on any atom is -0.480 e.